The average Bonchev–Trinajstić information content (AvgIpc) is 2.46. The standard InChI is InChI=1S/C14H31N3/c1-4-5-6-7-9-13(15)14-12-16(2)10-8-11-17(14)3/h13-14H,4-12,15H2,1-3H3. The molecule has 1 fully saturated rings. The smallest absolute Gasteiger partial charge is 0.0371 e. The van der Waals surface area contributed by atoms with E-state index in [4.69, 9.17) is 5.73 Å². The molecule has 1 aliphatic rings. The highest BCUT2D eigenvalue weighted by Gasteiger charge is 2.25. The van der Waals surface area contributed by atoms with Crippen molar-refractivity contribution in [3.05, 3.63) is 0 Å². The molecular weight excluding hydrogens is 210 g/mol. The van der Waals surface area contributed by atoms with Gasteiger partial charge in [0.1, 0.15) is 0 Å². The Morgan fingerprint density at radius 1 is 1.18 bits per heavy atom. The van der Waals surface area contributed by atoms with E-state index in [1.807, 2.05) is 0 Å². The number of likely N-dealkylation sites (N-methyl/N-ethyl adjacent to an activating group) is 2. The van der Waals surface area contributed by atoms with Crippen molar-refractivity contribution in [3.63, 3.8) is 0 Å². The Morgan fingerprint density at radius 3 is 2.65 bits per heavy atom. The van der Waals surface area contributed by atoms with Crippen LogP contribution in [0.3, 0.4) is 0 Å². The molecule has 3 nitrogen and oxygen atoms in total. The van der Waals surface area contributed by atoms with Gasteiger partial charge in [-0.15, -0.1) is 0 Å². The maximum Gasteiger partial charge on any atom is 0.0371 e. The minimum Gasteiger partial charge on any atom is -0.326 e. The molecule has 0 radical (unpaired) electrons. The number of rotatable bonds is 6. The predicted molar refractivity (Wildman–Crippen MR) is 75.3 cm³/mol. The third-order valence-electron chi connectivity index (χ3n) is 4.00. The van der Waals surface area contributed by atoms with Gasteiger partial charge in [0.25, 0.3) is 0 Å². The first kappa shape index (κ1) is 14.9. The van der Waals surface area contributed by atoms with Crippen molar-refractivity contribution < 1.29 is 0 Å². The van der Waals surface area contributed by atoms with Crippen LogP contribution in [0.4, 0.5) is 0 Å². The van der Waals surface area contributed by atoms with Crippen molar-refractivity contribution in [2.24, 2.45) is 5.73 Å². The van der Waals surface area contributed by atoms with Crippen LogP contribution in [0.15, 0.2) is 0 Å². The third kappa shape index (κ3) is 5.36. The van der Waals surface area contributed by atoms with Crippen LogP contribution >= 0.6 is 0 Å². The van der Waals surface area contributed by atoms with E-state index in [0.29, 0.717) is 12.1 Å². The lowest BCUT2D eigenvalue weighted by atomic mass is 10.0. The molecule has 3 heteroatoms. The predicted octanol–water partition coefficient (Wildman–Crippen LogP) is 1.92. The Labute approximate surface area is 107 Å². The third-order valence-corrected chi connectivity index (χ3v) is 4.00. The van der Waals surface area contributed by atoms with Crippen molar-refractivity contribution in [2.75, 3.05) is 33.7 Å². The van der Waals surface area contributed by atoms with Gasteiger partial charge in [0.15, 0.2) is 0 Å². The van der Waals surface area contributed by atoms with Gasteiger partial charge < -0.3 is 15.5 Å². The second-order valence-electron chi connectivity index (χ2n) is 5.68. The molecule has 17 heavy (non-hydrogen) atoms. The van der Waals surface area contributed by atoms with Crippen molar-refractivity contribution in [3.8, 4) is 0 Å². The van der Waals surface area contributed by atoms with Gasteiger partial charge in [-0.3, -0.25) is 0 Å². The van der Waals surface area contributed by atoms with Crippen LogP contribution in [0.1, 0.15) is 45.4 Å². The zero-order valence-electron chi connectivity index (χ0n) is 12.0. The Hall–Kier alpha value is -0.120. The molecule has 0 spiro atoms. The molecular formula is C14H31N3. The van der Waals surface area contributed by atoms with Crippen LogP contribution in [0, 0.1) is 0 Å². The van der Waals surface area contributed by atoms with Crippen LogP contribution in [-0.4, -0.2) is 55.6 Å². The number of hydrogen-bond acceptors (Lipinski definition) is 3. The highest BCUT2D eigenvalue weighted by atomic mass is 15.2. The topological polar surface area (TPSA) is 32.5 Å². The SMILES string of the molecule is CCCCCCC(N)C1CN(C)CCCN1C. The second-order valence-corrected chi connectivity index (χ2v) is 5.68. The second kappa shape index (κ2) is 8.06. The lowest BCUT2D eigenvalue weighted by Gasteiger charge is -2.32. The quantitative estimate of drug-likeness (QED) is 0.721. The largest absolute Gasteiger partial charge is 0.326 e. The fourth-order valence-corrected chi connectivity index (χ4v) is 2.77. The summed E-state index contributed by atoms with van der Waals surface area (Å²) >= 11 is 0. The van der Waals surface area contributed by atoms with E-state index in [1.165, 1.54) is 51.6 Å². The normalized spacial score (nSPS) is 25.8. The van der Waals surface area contributed by atoms with Crippen LogP contribution in [0.5, 0.6) is 0 Å². The number of hydrogen-bond donors (Lipinski definition) is 1. The molecule has 102 valence electrons. The Morgan fingerprint density at radius 2 is 1.94 bits per heavy atom. The van der Waals surface area contributed by atoms with E-state index < -0.39 is 0 Å². The van der Waals surface area contributed by atoms with Crippen molar-refractivity contribution in [1.82, 2.24) is 9.80 Å². The van der Waals surface area contributed by atoms with Gasteiger partial charge in [-0.1, -0.05) is 32.6 Å². The van der Waals surface area contributed by atoms with Crippen LogP contribution in [-0.2, 0) is 0 Å². The fourth-order valence-electron chi connectivity index (χ4n) is 2.77. The number of nitrogens with zero attached hydrogens (tertiary/aromatic N) is 2. The van der Waals surface area contributed by atoms with Gasteiger partial charge in [0.2, 0.25) is 0 Å². The summed E-state index contributed by atoms with van der Waals surface area (Å²) in [4.78, 5) is 4.90. The zero-order chi connectivity index (χ0) is 12.7. The summed E-state index contributed by atoms with van der Waals surface area (Å²) in [6.45, 7) is 5.79. The zero-order valence-corrected chi connectivity index (χ0v) is 12.0. The molecule has 2 unspecified atom stereocenters. The summed E-state index contributed by atoms with van der Waals surface area (Å²) < 4.78 is 0. The summed E-state index contributed by atoms with van der Waals surface area (Å²) in [5.74, 6) is 0. The summed E-state index contributed by atoms with van der Waals surface area (Å²) in [6, 6.07) is 0.890. The van der Waals surface area contributed by atoms with Crippen molar-refractivity contribution in [1.29, 1.82) is 0 Å². The molecule has 0 bridgehead atoms. The molecule has 1 aliphatic heterocycles. The minimum absolute atomic E-state index is 0.345. The molecule has 1 rings (SSSR count). The average molecular weight is 241 g/mol. The summed E-state index contributed by atoms with van der Waals surface area (Å²) in [6.07, 6.45) is 7.75. The van der Waals surface area contributed by atoms with Crippen LogP contribution in [0.25, 0.3) is 0 Å². The lowest BCUT2D eigenvalue weighted by Crippen LogP contribution is -2.50. The van der Waals surface area contributed by atoms with Gasteiger partial charge in [-0.25, -0.2) is 0 Å². The summed E-state index contributed by atoms with van der Waals surface area (Å²) in [5, 5.41) is 0. The van der Waals surface area contributed by atoms with E-state index in [2.05, 4.69) is 30.8 Å². The number of unbranched alkanes of at least 4 members (excludes halogenated alkanes) is 3. The minimum atomic E-state index is 0.345. The molecule has 0 amide bonds. The maximum atomic E-state index is 6.38. The van der Waals surface area contributed by atoms with Gasteiger partial charge in [-0.2, -0.15) is 0 Å². The molecule has 1 heterocycles. The molecule has 0 saturated carbocycles. The van der Waals surface area contributed by atoms with E-state index in [-0.39, 0.29) is 0 Å². The van der Waals surface area contributed by atoms with Crippen LogP contribution < -0.4 is 5.73 Å². The van der Waals surface area contributed by atoms with Crippen molar-refractivity contribution >= 4 is 0 Å². The fraction of sp³-hybridized carbons (Fsp3) is 1.00. The molecule has 2 atom stereocenters. The molecule has 0 aromatic heterocycles. The first-order valence-electron chi connectivity index (χ1n) is 7.29. The maximum absolute atomic E-state index is 6.38. The van der Waals surface area contributed by atoms with Gasteiger partial charge >= 0.3 is 0 Å². The first-order chi connectivity index (χ1) is 8.15. The molecule has 0 aromatic carbocycles. The molecule has 0 aromatic rings. The van der Waals surface area contributed by atoms with E-state index in [0.717, 1.165) is 6.54 Å². The highest BCUT2D eigenvalue weighted by Crippen LogP contribution is 2.14. The first-order valence-corrected chi connectivity index (χ1v) is 7.29. The lowest BCUT2D eigenvalue weighted by molar-refractivity contribution is 0.189. The van der Waals surface area contributed by atoms with Crippen LogP contribution in [0.2, 0.25) is 0 Å². The Bertz CT molecular complexity index is 196. The highest BCUT2D eigenvalue weighted by molar-refractivity contribution is 4.85. The van der Waals surface area contributed by atoms with Gasteiger partial charge in [-0.05, 0) is 40.0 Å². The number of nitrogens with two attached hydrogens (primary N) is 1. The van der Waals surface area contributed by atoms with E-state index in [1.54, 1.807) is 0 Å². The van der Waals surface area contributed by atoms with Gasteiger partial charge in [0.05, 0.1) is 0 Å². The molecule has 2 N–H and O–H groups in total. The van der Waals surface area contributed by atoms with Gasteiger partial charge in [0, 0.05) is 18.6 Å². The summed E-state index contributed by atoms with van der Waals surface area (Å²) in [5.41, 5.74) is 6.38. The van der Waals surface area contributed by atoms with E-state index in [9.17, 15) is 0 Å². The van der Waals surface area contributed by atoms with E-state index >= 15 is 0 Å². The Balaban J connectivity index is 2.33. The summed E-state index contributed by atoms with van der Waals surface area (Å²) in [7, 11) is 4.45. The molecule has 1 saturated heterocycles. The Kier molecular flexibility index (Phi) is 7.09. The monoisotopic (exact) mass is 241 g/mol. The van der Waals surface area contributed by atoms with Crippen molar-refractivity contribution in [2.45, 2.75) is 57.5 Å². The molecule has 0 aliphatic carbocycles.